The van der Waals surface area contributed by atoms with E-state index in [0.29, 0.717) is 17.0 Å². The molecule has 3 rings (SSSR count). The second kappa shape index (κ2) is 10.2. The minimum absolute atomic E-state index is 0.105. The van der Waals surface area contributed by atoms with E-state index in [9.17, 15) is 14.4 Å². The van der Waals surface area contributed by atoms with Gasteiger partial charge >= 0.3 is 11.9 Å². The molecule has 0 unspecified atom stereocenters. The van der Waals surface area contributed by atoms with Crippen LogP contribution < -0.4 is 5.32 Å². The van der Waals surface area contributed by atoms with Gasteiger partial charge in [0.15, 0.2) is 0 Å². The lowest BCUT2D eigenvalue weighted by Crippen LogP contribution is -2.32. The van der Waals surface area contributed by atoms with Crippen molar-refractivity contribution in [1.29, 1.82) is 0 Å². The third kappa shape index (κ3) is 5.07. The van der Waals surface area contributed by atoms with E-state index in [2.05, 4.69) is 15.5 Å². The maximum atomic E-state index is 12.7. The molecule has 1 amide bonds. The van der Waals surface area contributed by atoms with Crippen LogP contribution in [-0.2, 0) is 25.5 Å². The lowest BCUT2D eigenvalue weighted by Gasteiger charge is -2.13. The number of rotatable bonds is 7. The number of esters is 2. The highest BCUT2D eigenvalue weighted by Crippen LogP contribution is 2.17. The Balaban J connectivity index is 2.02. The number of para-hydroxylation sites is 1. The monoisotopic (exact) mass is 434 g/mol. The van der Waals surface area contributed by atoms with E-state index in [4.69, 9.17) is 9.47 Å². The molecule has 0 fully saturated rings. The molecule has 1 aromatic heterocycles. The summed E-state index contributed by atoms with van der Waals surface area (Å²) in [6, 6.07) is 17.5. The molecule has 3 aromatic rings. The highest BCUT2D eigenvalue weighted by Gasteiger charge is 2.27. The number of carbonyl (C=O) groups is 3. The molecule has 1 N–H and O–H groups in total. The summed E-state index contributed by atoms with van der Waals surface area (Å²) < 4.78 is 9.67. The summed E-state index contributed by atoms with van der Waals surface area (Å²) >= 11 is 0. The fourth-order valence-electron chi connectivity index (χ4n) is 2.93. The van der Waals surface area contributed by atoms with Gasteiger partial charge in [-0.2, -0.15) is 15.0 Å². The Hall–Kier alpha value is -4.27. The van der Waals surface area contributed by atoms with Gasteiger partial charge in [-0.25, -0.2) is 9.59 Å². The maximum absolute atomic E-state index is 12.7. The van der Waals surface area contributed by atoms with Gasteiger partial charge in [0.2, 0.25) is 0 Å². The molecule has 0 aliphatic rings. The fourth-order valence-corrected chi connectivity index (χ4v) is 2.93. The van der Waals surface area contributed by atoms with Gasteiger partial charge in [0, 0.05) is 12.0 Å². The first kappa shape index (κ1) is 22.4. The first-order valence-electron chi connectivity index (χ1n) is 9.69. The second-order valence-electron chi connectivity index (χ2n) is 6.69. The molecule has 0 spiro atoms. The number of amides is 1. The summed E-state index contributed by atoms with van der Waals surface area (Å²) in [7, 11) is 2.34. The van der Waals surface area contributed by atoms with Crippen molar-refractivity contribution >= 4 is 17.8 Å². The third-order valence-corrected chi connectivity index (χ3v) is 4.61. The van der Waals surface area contributed by atoms with Crippen molar-refractivity contribution in [2.24, 2.45) is 0 Å². The predicted molar refractivity (Wildman–Crippen MR) is 115 cm³/mol. The van der Waals surface area contributed by atoms with Gasteiger partial charge in [0.05, 0.1) is 36.9 Å². The Morgan fingerprint density at radius 1 is 0.875 bits per heavy atom. The minimum Gasteiger partial charge on any atom is -0.466 e. The highest BCUT2D eigenvalue weighted by molar-refractivity contribution is 6.06. The number of ether oxygens (including phenoxy) is 2. The third-order valence-electron chi connectivity index (χ3n) is 4.61. The van der Waals surface area contributed by atoms with Crippen LogP contribution in [0.4, 0.5) is 0 Å². The smallest absolute Gasteiger partial charge is 0.355 e. The largest absolute Gasteiger partial charge is 0.466 e. The van der Waals surface area contributed by atoms with E-state index in [1.54, 1.807) is 37.3 Å². The van der Waals surface area contributed by atoms with Crippen LogP contribution in [0.3, 0.4) is 0 Å². The van der Waals surface area contributed by atoms with E-state index >= 15 is 0 Å². The Morgan fingerprint density at radius 2 is 1.47 bits per heavy atom. The number of aryl methyl sites for hydroxylation is 1. The lowest BCUT2D eigenvalue weighted by atomic mass is 10.1. The quantitative estimate of drug-likeness (QED) is 0.448. The molecular formula is C23H22N4O5. The highest BCUT2D eigenvalue weighted by atomic mass is 16.5. The van der Waals surface area contributed by atoms with Crippen LogP contribution in [0.1, 0.15) is 21.7 Å². The zero-order valence-corrected chi connectivity index (χ0v) is 17.9. The topological polar surface area (TPSA) is 112 Å². The van der Waals surface area contributed by atoms with Gasteiger partial charge in [-0.05, 0) is 31.2 Å². The SMILES string of the molecule is COC(=O)/C(Cc1nn(-c2ccccc2)nc1C)=C(/NC(=O)c1ccccc1)C(=O)OC. The van der Waals surface area contributed by atoms with Crippen LogP contribution in [0.25, 0.3) is 5.69 Å². The summed E-state index contributed by atoms with van der Waals surface area (Å²) in [5.41, 5.74) is 1.60. The maximum Gasteiger partial charge on any atom is 0.355 e. The fraction of sp³-hybridized carbons (Fsp3) is 0.174. The zero-order chi connectivity index (χ0) is 23.1. The number of aromatic nitrogens is 3. The summed E-state index contributed by atoms with van der Waals surface area (Å²) in [6.45, 7) is 1.73. The van der Waals surface area contributed by atoms with Crippen molar-refractivity contribution in [3.8, 4) is 5.69 Å². The molecular weight excluding hydrogens is 412 g/mol. The molecule has 0 bridgehead atoms. The number of carbonyl (C=O) groups excluding carboxylic acids is 3. The molecule has 0 aliphatic heterocycles. The molecule has 0 saturated heterocycles. The van der Waals surface area contributed by atoms with Crippen molar-refractivity contribution in [3.63, 3.8) is 0 Å². The second-order valence-corrected chi connectivity index (χ2v) is 6.69. The van der Waals surface area contributed by atoms with Crippen LogP contribution in [0.5, 0.6) is 0 Å². The molecule has 2 aromatic carbocycles. The first-order chi connectivity index (χ1) is 15.4. The number of benzene rings is 2. The van der Waals surface area contributed by atoms with Gasteiger partial charge in [0.1, 0.15) is 5.70 Å². The van der Waals surface area contributed by atoms with E-state index in [0.717, 1.165) is 12.8 Å². The molecule has 0 aliphatic carbocycles. The van der Waals surface area contributed by atoms with Crippen LogP contribution >= 0.6 is 0 Å². The van der Waals surface area contributed by atoms with Gasteiger partial charge in [0.25, 0.3) is 5.91 Å². The van der Waals surface area contributed by atoms with Gasteiger partial charge in [-0.1, -0.05) is 36.4 Å². The Labute approximate surface area is 184 Å². The molecule has 9 nitrogen and oxygen atoms in total. The number of methoxy groups -OCH3 is 2. The average molecular weight is 434 g/mol. The molecule has 0 atom stereocenters. The summed E-state index contributed by atoms with van der Waals surface area (Å²) in [4.78, 5) is 39.2. The number of nitrogens with zero attached hydrogens (tertiary/aromatic N) is 3. The Kier molecular flexibility index (Phi) is 7.12. The van der Waals surface area contributed by atoms with Crippen molar-refractivity contribution in [3.05, 3.63) is 88.9 Å². The minimum atomic E-state index is -0.886. The molecule has 164 valence electrons. The van der Waals surface area contributed by atoms with Crippen molar-refractivity contribution in [2.75, 3.05) is 14.2 Å². The van der Waals surface area contributed by atoms with Crippen LogP contribution in [-0.4, -0.2) is 47.1 Å². The van der Waals surface area contributed by atoms with E-state index in [1.165, 1.54) is 11.9 Å². The van der Waals surface area contributed by atoms with Gasteiger partial charge in [-0.15, -0.1) is 0 Å². The van der Waals surface area contributed by atoms with Crippen LogP contribution in [0.15, 0.2) is 71.9 Å². The molecule has 9 heteroatoms. The summed E-state index contributed by atoms with van der Waals surface area (Å²) in [5, 5.41) is 11.3. The summed E-state index contributed by atoms with van der Waals surface area (Å²) in [6.07, 6.45) is -0.106. The van der Waals surface area contributed by atoms with E-state index in [-0.39, 0.29) is 17.7 Å². The number of hydrogen-bond acceptors (Lipinski definition) is 7. The molecule has 32 heavy (non-hydrogen) atoms. The van der Waals surface area contributed by atoms with Crippen molar-refractivity contribution < 1.29 is 23.9 Å². The average Bonchev–Trinajstić information content (AvgIpc) is 3.21. The summed E-state index contributed by atoms with van der Waals surface area (Å²) in [5.74, 6) is -2.26. The van der Waals surface area contributed by atoms with E-state index in [1.807, 2.05) is 30.3 Å². The Morgan fingerprint density at radius 3 is 2.06 bits per heavy atom. The molecule has 1 heterocycles. The number of hydrogen-bond donors (Lipinski definition) is 1. The lowest BCUT2D eigenvalue weighted by molar-refractivity contribution is -0.139. The van der Waals surface area contributed by atoms with Crippen molar-refractivity contribution in [2.45, 2.75) is 13.3 Å². The van der Waals surface area contributed by atoms with Gasteiger partial charge in [-0.3, -0.25) is 4.79 Å². The normalized spacial score (nSPS) is 11.3. The van der Waals surface area contributed by atoms with Crippen molar-refractivity contribution in [1.82, 2.24) is 20.3 Å². The number of nitrogens with one attached hydrogen (secondary N) is 1. The predicted octanol–water partition coefficient (Wildman–Crippen LogP) is 2.15. The van der Waals surface area contributed by atoms with Gasteiger partial charge < -0.3 is 14.8 Å². The van der Waals surface area contributed by atoms with Crippen LogP contribution in [0, 0.1) is 6.92 Å². The standard InChI is InChI=1S/C23H22N4O5/c1-15-19(26-27(25-15)17-12-8-5-9-13-17)14-18(22(29)31-2)20(23(30)32-3)24-21(28)16-10-6-4-7-11-16/h4-13H,14H2,1-3H3,(H,24,28)/b20-18+. The van der Waals surface area contributed by atoms with E-state index < -0.39 is 17.8 Å². The first-order valence-corrected chi connectivity index (χ1v) is 9.69. The Bertz CT molecular complexity index is 1150. The zero-order valence-electron chi connectivity index (χ0n) is 17.9. The molecule has 0 radical (unpaired) electrons. The van der Waals surface area contributed by atoms with Crippen LogP contribution in [0.2, 0.25) is 0 Å². The molecule has 0 saturated carbocycles.